The quantitative estimate of drug-likeness (QED) is 0.703. The highest BCUT2D eigenvalue weighted by atomic mass is 32.1. The third-order valence-corrected chi connectivity index (χ3v) is 5.13. The lowest BCUT2D eigenvalue weighted by Gasteiger charge is -2.13. The first-order valence-corrected chi connectivity index (χ1v) is 9.22. The van der Waals surface area contributed by atoms with E-state index in [0.29, 0.717) is 12.2 Å². The molecule has 0 aliphatic carbocycles. The van der Waals surface area contributed by atoms with Crippen LogP contribution in [0.4, 0.5) is 5.69 Å². The first kappa shape index (κ1) is 16.5. The fourth-order valence-corrected chi connectivity index (χ4v) is 3.67. The summed E-state index contributed by atoms with van der Waals surface area (Å²) >= 11 is 1.66. The van der Waals surface area contributed by atoms with E-state index in [1.54, 1.807) is 28.6 Å². The van der Waals surface area contributed by atoms with Crippen molar-refractivity contribution < 1.29 is 14.3 Å². The summed E-state index contributed by atoms with van der Waals surface area (Å²) in [5, 5.41) is 10.6. The molecular formula is C19H17N3O3S. The number of carbonyl (C=O) groups excluding carboxylic acids is 2. The summed E-state index contributed by atoms with van der Waals surface area (Å²) in [5.74, 6) is -0.873. The molecule has 1 aromatic carbocycles. The summed E-state index contributed by atoms with van der Waals surface area (Å²) in [5.41, 5.74) is 3.92. The van der Waals surface area contributed by atoms with Crippen LogP contribution in [0.5, 0.6) is 0 Å². The maximum atomic E-state index is 12.3. The number of hydrogen-bond acceptors (Lipinski definition) is 5. The molecule has 4 rings (SSSR count). The van der Waals surface area contributed by atoms with Crippen molar-refractivity contribution in [2.24, 2.45) is 5.92 Å². The second-order valence-electron chi connectivity index (χ2n) is 6.18. The minimum absolute atomic E-state index is 0.0894. The van der Waals surface area contributed by atoms with Crippen LogP contribution < -0.4 is 4.90 Å². The van der Waals surface area contributed by atoms with Crippen LogP contribution in [0.15, 0.2) is 53.5 Å². The van der Waals surface area contributed by atoms with Crippen LogP contribution in [0, 0.1) is 5.92 Å². The minimum atomic E-state index is -0.442. The fourth-order valence-electron chi connectivity index (χ4n) is 3.00. The van der Waals surface area contributed by atoms with E-state index in [1.165, 1.54) is 5.56 Å². The Morgan fingerprint density at radius 2 is 2.12 bits per heavy atom. The highest BCUT2D eigenvalue weighted by Crippen LogP contribution is 2.26. The molecule has 1 unspecified atom stereocenters. The van der Waals surface area contributed by atoms with Gasteiger partial charge in [0.2, 0.25) is 5.91 Å². The molecule has 0 radical (unpaired) electrons. The predicted molar refractivity (Wildman–Crippen MR) is 98.6 cm³/mol. The van der Waals surface area contributed by atoms with Crippen molar-refractivity contribution in [1.29, 1.82) is 0 Å². The van der Waals surface area contributed by atoms with Crippen LogP contribution in [-0.4, -0.2) is 28.6 Å². The number of hydrogen-bond donors (Lipinski definition) is 1. The monoisotopic (exact) mass is 367 g/mol. The zero-order valence-corrected chi connectivity index (χ0v) is 14.7. The first-order chi connectivity index (χ1) is 12.7. The topological polar surface area (TPSA) is 75.3 Å². The normalized spacial score (nSPS) is 16.8. The molecule has 7 heteroatoms. The van der Waals surface area contributed by atoms with Crippen molar-refractivity contribution >= 4 is 28.9 Å². The van der Waals surface area contributed by atoms with Gasteiger partial charge in [-0.05, 0) is 33.5 Å². The summed E-state index contributed by atoms with van der Waals surface area (Å²) < 4.78 is 5.42. The molecule has 26 heavy (non-hydrogen) atoms. The summed E-state index contributed by atoms with van der Waals surface area (Å²) in [6.07, 6.45) is 3.38. The molecule has 1 aliphatic heterocycles. The van der Waals surface area contributed by atoms with Crippen LogP contribution in [0.3, 0.4) is 0 Å². The van der Waals surface area contributed by atoms with Gasteiger partial charge < -0.3 is 9.64 Å². The number of aromatic nitrogens is 2. The maximum Gasteiger partial charge on any atom is 0.311 e. The van der Waals surface area contributed by atoms with Crippen molar-refractivity contribution in [1.82, 2.24) is 10.2 Å². The zero-order chi connectivity index (χ0) is 17.9. The first-order valence-electron chi connectivity index (χ1n) is 8.28. The molecule has 1 fully saturated rings. The van der Waals surface area contributed by atoms with Crippen molar-refractivity contribution in [2.75, 3.05) is 11.4 Å². The van der Waals surface area contributed by atoms with E-state index in [-0.39, 0.29) is 24.9 Å². The Hall–Kier alpha value is -2.93. The maximum absolute atomic E-state index is 12.3. The number of anilines is 1. The van der Waals surface area contributed by atoms with Crippen molar-refractivity contribution in [2.45, 2.75) is 13.0 Å². The number of amides is 1. The second-order valence-corrected chi connectivity index (χ2v) is 6.96. The Morgan fingerprint density at radius 3 is 2.81 bits per heavy atom. The molecule has 0 bridgehead atoms. The number of esters is 1. The molecule has 0 saturated carbocycles. The van der Waals surface area contributed by atoms with Gasteiger partial charge in [0.05, 0.1) is 17.8 Å². The van der Waals surface area contributed by atoms with Gasteiger partial charge in [0, 0.05) is 19.2 Å². The lowest BCUT2D eigenvalue weighted by Crippen LogP contribution is -2.26. The third kappa shape index (κ3) is 3.39. The molecule has 1 aliphatic rings. The number of ether oxygens (including phenoxy) is 1. The van der Waals surface area contributed by atoms with Crippen LogP contribution in [0.25, 0.3) is 11.1 Å². The van der Waals surface area contributed by atoms with E-state index >= 15 is 0 Å². The molecule has 1 amide bonds. The predicted octanol–water partition coefficient (Wildman–Crippen LogP) is 3.23. The van der Waals surface area contributed by atoms with Gasteiger partial charge in [0.15, 0.2) is 0 Å². The van der Waals surface area contributed by atoms with Gasteiger partial charge in [0.1, 0.15) is 6.61 Å². The average Bonchev–Trinajstić information content (AvgIpc) is 3.41. The highest BCUT2D eigenvalue weighted by Gasteiger charge is 2.36. The number of aromatic amines is 1. The van der Waals surface area contributed by atoms with E-state index in [9.17, 15) is 9.59 Å². The average molecular weight is 367 g/mol. The molecule has 3 aromatic rings. The Kier molecular flexibility index (Phi) is 4.53. The standard InChI is InChI=1S/C19H17N3O3S/c23-18-7-16(10-22(18)17-8-20-21-9-17)19(24)25-11-13-1-3-14(4-2-13)15-5-6-26-12-15/h1-6,8-9,12,16H,7,10-11H2,(H,20,21). The molecule has 1 N–H and O–H groups in total. The number of nitrogens with zero attached hydrogens (tertiary/aromatic N) is 2. The summed E-state index contributed by atoms with van der Waals surface area (Å²) in [6, 6.07) is 10.0. The minimum Gasteiger partial charge on any atom is -0.461 e. The Balaban J connectivity index is 1.33. The summed E-state index contributed by atoms with van der Waals surface area (Å²) in [6.45, 7) is 0.535. The fraction of sp³-hybridized carbons (Fsp3) is 0.211. The number of benzene rings is 1. The number of carbonyl (C=O) groups is 2. The Bertz CT molecular complexity index is 889. The van der Waals surface area contributed by atoms with E-state index in [1.807, 2.05) is 29.6 Å². The highest BCUT2D eigenvalue weighted by molar-refractivity contribution is 7.08. The van der Waals surface area contributed by atoms with Gasteiger partial charge in [-0.2, -0.15) is 16.4 Å². The SMILES string of the molecule is O=C(OCc1ccc(-c2ccsc2)cc1)C1CC(=O)N(c2cn[nH]c2)C1. The zero-order valence-electron chi connectivity index (χ0n) is 13.9. The number of H-pyrrole nitrogens is 1. The van der Waals surface area contributed by atoms with Crippen molar-refractivity contribution in [3.63, 3.8) is 0 Å². The Labute approximate surface area is 154 Å². The molecule has 0 spiro atoms. The third-order valence-electron chi connectivity index (χ3n) is 4.44. The number of thiophene rings is 1. The molecule has 2 aromatic heterocycles. The van der Waals surface area contributed by atoms with Crippen LogP contribution in [0.2, 0.25) is 0 Å². The lowest BCUT2D eigenvalue weighted by atomic mass is 10.1. The van der Waals surface area contributed by atoms with E-state index in [4.69, 9.17) is 4.74 Å². The van der Waals surface area contributed by atoms with Gasteiger partial charge in [0.25, 0.3) is 0 Å². The van der Waals surface area contributed by atoms with Crippen LogP contribution in [0.1, 0.15) is 12.0 Å². The van der Waals surface area contributed by atoms with Gasteiger partial charge >= 0.3 is 5.97 Å². The summed E-state index contributed by atoms with van der Waals surface area (Å²) in [7, 11) is 0. The molecule has 1 atom stereocenters. The molecular weight excluding hydrogens is 350 g/mol. The van der Waals surface area contributed by atoms with Crippen molar-refractivity contribution in [3.05, 3.63) is 59.0 Å². The number of rotatable bonds is 5. The molecule has 1 saturated heterocycles. The lowest BCUT2D eigenvalue weighted by molar-refractivity contribution is -0.149. The molecule has 132 valence electrons. The molecule has 3 heterocycles. The van der Waals surface area contributed by atoms with Crippen LogP contribution in [-0.2, 0) is 20.9 Å². The van der Waals surface area contributed by atoms with E-state index in [2.05, 4.69) is 21.6 Å². The largest absolute Gasteiger partial charge is 0.461 e. The van der Waals surface area contributed by atoms with Gasteiger partial charge in [-0.15, -0.1) is 0 Å². The molecule has 6 nitrogen and oxygen atoms in total. The number of nitrogens with one attached hydrogen (secondary N) is 1. The van der Waals surface area contributed by atoms with Gasteiger partial charge in [-0.3, -0.25) is 14.7 Å². The van der Waals surface area contributed by atoms with Gasteiger partial charge in [-0.1, -0.05) is 24.3 Å². The van der Waals surface area contributed by atoms with Gasteiger partial charge in [-0.25, -0.2) is 0 Å². The van der Waals surface area contributed by atoms with E-state index < -0.39 is 5.92 Å². The van der Waals surface area contributed by atoms with E-state index in [0.717, 1.165) is 11.1 Å². The van der Waals surface area contributed by atoms with Crippen molar-refractivity contribution in [3.8, 4) is 11.1 Å². The second kappa shape index (κ2) is 7.13. The Morgan fingerprint density at radius 1 is 1.27 bits per heavy atom. The van der Waals surface area contributed by atoms with Crippen LogP contribution >= 0.6 is 11.3 Å². The summed E-state index contributed by atoms with van der Waals surface area (Å²) in [4.78, 5) is 26.0. The smallest absolute Gasteiger partial charge is 0.311 e.